The molecule has 0 saturated heterocycles. The lowest BCUT2D eigenvalue weighted by Gasteiger charge is -2.30. The number of hydrogen-bond acceptors (Lipinski definition) is 4. The lowest BCUT2D eigenvalue weighted by atomic mass is 9.99. The monoisotopic (exact) mass is 293 g/mol. The van der Waals surface area contributed by atoms with Crippen molar-refractivity contribution in [3.63, 3.8) is 0 Å². The maximum absolute atomic E-state index is 8.84. The second-order valence-electron chi connectivity index (χ2n) is 5.47. The quantitative estimate of drug-likeness (QED) is 0.868. The smallest absolute Gasteiger partial charge is 0.128 e. The SMILES string of the molecule is CCCOc1ccc2c(c1)CCN(c1ccc(C#N)cn1)C2. The highest BCUT2D eigenvalue weighted by molar-refractivity contribution is 5.47. The van der Waals surface area contributed by atoms with Crippen LogP contribution < -0.4 is 9.64 Å². The minimum Gasteiger partial charge on any atom is -0.494 e. The molecule has 112 valence electrons. The van der Waals surface area contributed by atoms with Gasteiger partial charge in [0.25, 0.3) is 0 Å². The van der Waals surface area contributed by atoms with Crippen molar-refractivity contribution < 1.29 is 4.74 Å². The summed E-state index contributed by atoms with van der Waals surface area (Å²) in [4.78, 5) is 6.63. The molecule has 3 rings (SSSR count). The van der Waals surface area contributed by atoms with Crippen molar-refractivity contribution in [2.75, 3.05) is 18.1 Å². The Kier molecular flexibility index (Phi) is 4.24. The van der Waals surface area contributed by atoms with E-state index in [9.17, 15) is 0 Å². The van der Waals surface area contributed by atoms with Crippen molar-refractivity contribution in [3.05, 3.63) is 53.2 Å². The highest BCUT2D eigenvalue weighted by Gasteiger charge is 2.18. The first-order valence-corrected chi connectivity index (χ1v) is 7.66. The third kappa shape index (κ3) is 3.04. The minimum absolute atomic E-state index is 0.596. The predicted molar refractivity (Wildman–Crippen MR) is 85.9 cm³/mol. The molecule has 0 spiro atoms. The number of nitriles is 1. The Labute approximate surface area is 131 Å². The van der Waals surface area contributed by atoms with E-state index in [0.717, 1.165) is 44.1 Å². The van der Waals surface area contributed by atoms with Crippen molar-refractivity contribution in [2.45, 2.75) is 26.3 Å². The third-order valence-electron chi connectivity index (χ3n) is 3.86. The molecule has 22 heavy (non-hydrogen) atoms. The van der Waals surface area contributed by atoms with Gasteiger partial charge >= 0.3 is 0 Å². The van der Waals surface area contributed by atoms with Gasteiger partial charge in [0.15, 0.2) is 0 Å². The van der Waals surface area contributed by atoms with Gasteiger partial charge in [0.1, 0.15) is 17.6 Å². The lowest BCUT2D eigenvalue weighted by molar-refractivity contribution is 0.317. The summed E-state index contributed by atoms with van der Waals surface area (Å²) in [5.41, 5.74) is 3.28. The second-order valence-corrected chi connectivity index (χ2v) is 5.47. The number of hydrogen-bond donors (Lipinski definition) is 0. The first-order valence-electron chi connectivity index (χ1n) is 7.66. The van der Waals surface area contributed by atoms with E-state index in [1.165, 1.54) is 11.1 Å². The number of ether oxygens (including phenoxy) is 1. The van der Waals surface area contributed by atoms with Crippen LogP contribution in [-0.2, 0) is 13.0 Å². The van der Waals surface area contributed by atoms with Crippen molar-refractivity contribution in [1.29, 1.82) is 5.26 Å². The van der Waals surface area contributed by atoms with Gasteiger partial charge in [0, 0.05) is 19.3 Å². The number of aromatic nitrogens is 1. The summed E-state index contributed by atoms with van der Waals surface area (Å²) in [6.45, 7) is 4.66. The number of nitrogens with zero attached hydrogens (tertiary/aromatic N) is 3. The molecule has 2 aromatic rings. The summed E-state index contributed by atoms with van der Waals surface area (Å²) in [5, 5.41) is 8.84. The van der Waals surface area contributed by atoms with Gasteiger partial charge in [0.2, 0.25) is 0 Å². The molecule has 4 nitrogen and oxygen atoms in total. The van der Waals surface area contributed by atoms with Crippen molar-refractivity contribution in [3.8, 4) is 11.8 Å². The summed E-state index contributed by atoms with van der Waals surface area (Å²) in [5.74, 6) is 1.89. The van der Waals surface area contributed by atoms with Crippen LogP contribution in [0.15, 0.2) is 36.5 Å². The largest absolute Gasteiger partial charge is 0.494 e. The molecule has 0 bridgehead atoms. The Hall–Kier alpha value is -2.54. The molecular weight excluding hydrogens is 274 g/mol. The maximum Gasteiger partial charge on any atom is 0.128 e. The Bertz CT molecular complexity index is 688. The van der Waals surface area contributed by atoms with Crippen molar-refractivity contribution in [1.82, 2.24) is 4.98 Å². The van der Waals surface area contributed by atoms with Gasteiger partial charge in [0.05, 0.1) is 12.2 Å². The van der Waals surface area contributed by atoms with E-state index in [4.69, 9.17) is 10.00 Å². The van der Waals surface area contributed by atoms with Gasteiger partial charge in [-0.05, 0) is 48.2 Å². The van der Waals surface area contributed by atoms with Gasteiger partial charge in [-0.15, -0.1) is 0 Å². The molecule has 1 aliphatic heterocycles. The average molecular weight is 293 g/mol. The highest BCUT2D eigenvalue weighted by atomic mass is 16.5. The summed E-state index contributed by atoms with van der Waals surface area (Å²) >= 11 is 0. The zero-order chi connectivity index (χ0) is 15.4. The van der Waals surface area contributed by atoms with Gasteiger partial charge in [-0.3, -0.25) is 0 Å². The van der Waals surface area contributed by atoms with Crippen molar-refractivity contribution in [2.24, 2.45) is 0 Å². The fraction of sp³-hybridized carbons (Fsp3) is 0.333. The van der Waals surface area contributed by atoms with E-state index in [1.54, 1.807) is 6.20 Å². The zero-order valence-corrected chi connectivity index (χ0v) is 12.7. The first kappa shape index (κ1) is 14.4. The molecule has 4 heteroatoms. The van der Waals surface area contributed by atoms with Crippen LogP contribution >= 0.6 is 0 Å². The van der Waals surface area contributed by atoms with Gasteiger partial charge in [-0.1, -0.05) is 13.0 Å². The Morgan fingerprint density at radius 3 is 2.91 bits per heavy atom. The summed E-state index contributed by atoms with van der Waals surface area (Å²) in [6, 6.07) is 12.2. The average Bonchev–Trinajstić information content (AvgIpc) is 2.59. The number of pyridine rings is 1. The van der Waals surface area contributed by atoms with Crippen LogP contribution in [0.1, 0.15) is 30.0 Å². The zero-order valence-electron chi connectivity index (χ0n) is 12.7. The number of rotatable bonds is 4. The molecule has 0 aliphatic carbocycles. The van der Waals surface area contributed by atoms with Crippen LogP contribution in [0.5, 0.6) is 5.75 Å². The van der Waals surface area contributed by atoms with E-state index in [2.05, 4.69) is 35.0 Å². The third-order valence-corrected chi connectivity index (χ3v) is 3.86. The summed E-state index contributed by atoms with van der Waals surface area (Å²) < 4.78 is 5.70. The van der Waals surface area contributed by atoms with E-state index < -0.39 is 0 Å². The topological polar surface area (TPSA) is 49.1 Å². The second kappa shape index (κ2) is 6.48. The standard InChI is InChI=1S/C18H19N3O/c1-2-9-22-17-5-4-16-13-21(8-7-15(16)10-17)18-6-3-14(11-19)12-20-18/h3-6,10,12H,2,7-9,13H2,1H3. The Morgan fingerprint density at radius 2 is 2.18 bits per heavy atom. The minimum atomic E-state index is 0.596. The Morgan fingerprint density at radius 1 is 1.27 bits per heavy atom. The van der Waals surface area contributed by atoms with Gasteiger partial charge in [-0.2, -0.15) is 5.26 Å². The van der Waals surface area contributed by atoms with Crippen LogP contribution in [0.25, 0.3) is 0 Å². The Balaban J connectivity index is 1.74. The maximum atomic E-state index is 8.84. The van der Waals surface area contributed by atoms with Crippen LogP contribution in [0.4, 0.5) is 5.82 Å². The fourth-order valence-corrected chi connectivity index (χ4v) is 2.67. The lowest BCUT2D eigenvalue weighted by Crippen LogP contribution is -2.30. The summed E-state index contributed by atoms with van der Waals surface area (Å²) in [6.07, 6.45) is 3.64. The van der Waals surface area contributed by atoms with Gasteiger partial charge in [-0.25, -0.2) is 4.98 Å². The molecule has 0 atom stereocenters. The van der Waals surface area contributed by atoms with Crippen molar-refractivity contribution >= 4 is 5.82 Å². The molecular formula is C18H19N3O. The molecule has 0 N–H and O–H groups in total. The van der Waals surface area contributed by atoms with E-state index in [0.29, 0.717) is 5.56 Å². The van der Waals surface area contributed by atoms with Crippen LogP contribution in [0.2, 0.25) is 0 Å². The predicted octanol–water partition coefficient (Wildman–Crippen LogP) is 3.30. The molecule has 0 fully saturated rings. The van der Waals surface area contributed by atoms with Crippen LogP contribution in [0.3, 0.4) is 0 Å². The molecule has 0 saturated carbocycles. The molecule has 1 aromatic carbocycles. The molecule has 0 amide bonds. The normalized spacial score (nSPS) is 13.4. The number of fused-ring (bicyclic) bond motifs is 1. The summed E-state index contributed by atoms with van der Waals surface area (Å²) in [7, 11) is 0. The van der Waals surface area contributed by atoms with Crippen LogP contribution in [-0.4, -0.2) is 18.1 Å². The van der Waals surface area contributed by atoms with Crippen LogP contribution in [0, 0.1) is 11.3 Å². The highest BCUT2D eigenvalue weighted by Crippen LogP contribution is 2.26. The number of benzene rings is 1. The van der Waals surface area contributed by atoms with E-state index in [1.807, 2.05) is 18.2 Å². The van der Waals surface area contributed by atoms with E-state index >= 15 is 0 Å². The van der Waals surface area contributed by atoms with E-state index in [-0.39, 0.29) is 0 Å². The molecule has 2 heterocycles. The number of anilines is 1. The molecule has 1 aliphatic rings. The molecule has 1 aromatic heterocycles. The fourth-order valence-electron chi connectivity index (χ4n) is 2.67. The molecule has 0 unspecified atom stereocenters. The first-order chi connectivity index (χ1) is 10.8. The molecule has 0 radical (unpaired) electrons. The van der Waals surface area contributed by atoms with Gasteiger partial charge < -0.3 is 9.64 Å².